The maximum Gasteiger partial charge on any atom is 0.573 e. The summed E-state index contributed by atoms with van der Waals surface area (Å²) in [5.74, 6) is -0.887. The number of hydrogen-bond donors (Lipinski definition) is 3. The summed E-state index contributed by atoms with van der Waals surface area (Å²) < 4.78 is 42.1. The molecule has 0 aliphatic heterocycles. The molecule has 1 aliphatic carbocycles. The monoisotopic (exact) mass is 488 g/mol. The quantitative estimate of drug-likeness (QED) is 0.411. The molecule has 1 fully saturated rings. The lowest BCUT2D eigenvalue weighted by molar-refractivity contribution is -0.274. The van der Waals surface area contributed by atoms with Crippen LogP contribution in [0.25, 0.3) is 11.3 Å². The molecule has 0 spiro atoms. The normalized spacial score (nSPS) is 13.5. The molecule has 3 aromatic rings. The molecule has 2 aromatic carbocycles. The lowest BCUT2D eigenvalue weighted by Gasteiger charge is -2.11. The van der Waals surface area contributed by atoms with Crippen LogP contribution in [-0.2, 0) is 0 Å². The Morgan fingerprint density at radius 2 is 1.80 bits per heavy atom. The summed E-state index contributed by atoms with van der Waals surface area (Å²) in [7, 11) is 0. The van der Waals surface area contributed by atoms with Gasteiger partial charge in [-0.25, -0.2) is 4.79 Å². The minimum Gasteiger partial charge on any atom is -0.507 e. The van der Waals surface area contributed by atoms with E-state index < -0.39 is 18.0 Å². The molecule has 4 rings (SSSR count). The standard InChI is InChI=1S/C24H23F3N4O4/c1-13(2)28-23(34)31-20(14-3-4-14)12-19(30-31)18-11-16(7-10-21(18)32)29-22(33)15-5-8-17(9-6-15)35-24(25,26)27/h5-14,32H,3-4H2,1-2H3,(H,28,34)(H,29,33). The van der Waals surface area contributed by atoms with Gasteiger partial charge in [0.1, 0.15) is 11.5 Å². The molecule has 3 N–H and O–H groups in total. The topological polar surface area (TPSA) is 105 Å². The van der Waals surface area contributed by atoms with Crippen molar-refractivity contribution >= 4 is 17.6 Å². The lowest BCUT2D eigenvalue weighted by Crippen LogP contribution is -2.35. The molecule has 0 saturated heterocycles. The van der Waals surface area contributed by atoms with Crippen LogP contribution in [-0.4, -0.2) is 39.2 Å². The zero-order valence-electron chi connectivity index (χ0n) is 18.9. The Balaban J connectivity index is 1.55. The number of halogens is 3. The van der Waals surface area contributed by atoms with Crippen LogP contribution in [0.3, 0.4) is 0 Å². The highest BCUT2D eigenvalue weighted by Gasteiger charge is 2.32. The molecule has 11 heteroatoms. The maximum atomic E-state index is 12.6. The van der Waals surface area contributed by atoms with Crippen molar-refractivity contribution in [3.8, 4) is 22.8 Å². The Bertz CT molecular complexity index is 1250. The third-order valence-electron chi connectivity index (χ3n) is 5.22. The van der Waals surface area contributed by atoms with Crippen molar-refractivity contribution in [3.63, 3.8) is 0 Å². The number of aromatic nitrogens is 2. The summed E-state index contributed by atoms with van der Waals surface area (Å²) in [6, 6.07) is 10.2. The summed E-state index contributed by atoms with van der Waals surface area (Å²) in [6.07, 6.45) is -2.95. The Kier molecular flexibility index (Phi) is 6.42. The lowest BCUT2D eigenvalue weighted by atomic mass is 10.1. The maximum absolute atomic E-state index is 12.6. The highest BCUT2D eigenvalue weighted by atomic mass is 19.4. The van der Waals surface area contributed by atoms with Crippen molar-refractivity contribution in [3.05, 3.63) is 59.8 Å². The van der Waals surface area contributed by atoms with E-state index in [-0.39, 0.29) is 29.3 Å². The highest BCUT2D eigenvalue weighted by molar-refractivity contribution is 6.04. The molecule has 2 amide bonds. The minimum absolute atomic E-state index is 0.0803. The van der Waals surface area contributed by atoms with Gasteiger partial charge in [0.25, 0.3) is 5.91 Å². The molecule has 0 radical (unpaired) electrons. The van der Waals surface area contributed by atoms with Gasteiger partial charge in [-0.2, -0.15) is 9.78 Å². The smallest absolute Gasteiger partial charge is 0.507 e. The second kappa shape index (κ2) is 9.32. The average Bonchev–Trinajstić information content (AvgIpc) is 3.52. The van der Waals surface area contributed by atoms with Crippen LogP contribution in [0, 0.1) is 0 Å². The summed E-state index contributed by atoms with van der Waals surface area (Å²) in [6.45, 7) is 3.68. The van der Waals surface area contributed by atoms with Crippen molar-refractivity contribution in [2.45, 2.75) is 45.0 Å². The van der Waals surface area contributed by atoms with Crippen LogP contribution in [0.2, 0.25) is 0 Å². The molecule has 1 aliphatic rings. The zero-order valence-corrected chi connectivity index (χ0v) is 18.9. The van der Waals surface area contributed by atoms with Crippen molar-refractivity contribution in [2.24, 2.45) is 0 Å². The minimum atomic E-state index is -4.83. The molecule has 0 bridgehead atoms. The van der Waals surface area contributed by atoms with Gasteiger partial charge in [-0.3, -0.25) is 4.79 Å². The van der Waals surface area contributed by atoms with Crippen molar-refractivity contribution in [1.29, 1.82) is 0 Å². The fraction of sp³-hybridized carbons (Fsp3) is 0.292. The molecule has 0 atom stereocenters. The fourth-order valence-electron chi connectivity index (χ4n) is 3.50. The number of nitrogens with one attached hydrogen (secondary N) is 2. The number of carbonyl (C=O) groups is 2. The van der Waals surface area contributed by atoms with Gasteiger partial charge < -0.3 is 20.5 Å². The number of phenols is 1. The van der Waals surface area contributed by atoms with Crippen LogP contribution in [0.4, 0.5) is 23.7 Å². The summed E-state index contributed by atoms with van der Waals surface area (Å²) in [4.78, 5) is 25.2. The first-order valence-electron chi connectivity index (χ1n) is 10.9. The Hall–Kier alpha value is -4.02. The number of ether oxygens (including phenoxy) is 1. The Morgan fingerprint density at radius 1 is 1.11 bits per heavy atom. The number of anilines is 1. The number of aromatic hydroxyl groups is 1. The first-order chi connectivity index (χ1) is 16.5. The first-order valence-corrected chi connectivity index (χ1v) is 10.9. The molecule has 184 valence electrons. The summed E-state index contributed by atoms with van der Waals surface area (Å²) in [5.41, 5.74) is 1.86. The fourth-order valence-corrected chi connectivity index (χ4v) is 3.50. The van der Waals surface area contributed by atoms with E-state index in [1.807, 2.05) is 13.8 Å². The van der Waals surface area contributed by atoms with E-state index in [0.717, 1.165) is 30.7 Å². The van der Waals surface area contributed by atoms with Crippen LogP contribution >= 0.6 is 0 Å². The zero-order chi connectivity index (χ0) is 25.3. The van der Waals surface area contributed by atoms with E-state index in [0.29, 0.717) is 16.9 Å². The van der Waals surface area contributed by atoms with Crippen molar-refractivity contribution in [2.75, 3.05) is 5.32 Å². The number of carbonyl (C=O) groups excluding carboxylic acids is 2. The average molecular weight is 488 g/mol. The molecule has 1 heterocycles. The molecule has 1 saturated carbocycles. The largest absolute Gasteiger partial charge is 0.573 e. The Morgan fingerprint density at radius 3 is 2.40 bits per heavy atom. The van der Waals surface area contributed by atoms with Gasteiger partial charge in [-0.1, -0.05) is 0 Å². The van der Waals surface area contributed by atoms with E-state index >= 15 is 0 Å². The van der Waals surface area contributed by atoms with Gasteiger partial charge in [0.15, 0.2) is 0 Å². The summed E-state index contributed by atoms with van der Waals surface area (Å²) >= 11 is 0. The van der Waals surface area contributed by atoms with Crippen LogP contribution in [0.15, 0.2) is 48.5 Å². The van der Waals surface area contributed by atoms with E-state index in [1.54, 1.807) is 6.07 Å². The number of phenolic OH excluding ortho intramolecular Hbond substituents is 1. The molecule has 0 unspecified atom stereocenters. The number of rotatable bonds is 6. The molecule has 8 nitrogen and oxygen atoms in total. The predicted octanol–water partition coefficient (Wildman–Crippen LogP) is 5.25. The van der Waals surface area contributed by atoms with Crippen LogP contribution < -0.4 is 15.4 Å². The number of hydrogen-bond acceptors (Lipinski definition) is 5. The van der Waals surface area contributed by atoms with Gasteiger partial charge in [-0.05, 0) is 75.2 Å². The second-order valence-corrected chi connectivity index (χ2v) is 8.50. The van der Waals surface area contributed by atoms with Crippen LogP contribution in [0.5, 0.6) is 11.5 Å². The molecule has 1 aromatic heterocycles. The van der Waals surface area contributed by atoms with E-state index in [1.165, 1.54) is 35.0 Å². The van der Waals surface area contributed by atoms with Gasteiger partial charge in [0.05, 0.1) is 11.4 Å². The third-order valence-corrected chi connectivity index (χ3v) is 5.22. The van der Waals surface area contributed by atoms with E-state index in [2.05, 4.69) is 20.5 Å². The van der Waals surface area contributed by atoms with Crippen molar-refractivity contribution in [1.82, 2.24) is 15.1 Å². The first kappa shape index (κ1) is 24.1. The van der Waals surface area contributed by atoms with Gasteiger partial charge in [0.2, 0.25) is 0 Å². The highest BCUT2D eigenvalue weighted by Crippen LogP contribution is 2.42. The predicted molar refractivity (Wildman–Crippen MR) is 121 cm³/mol. The summed E-state index contributed by atoms with van der Waals surface area (Å²) in [5, 5.41) is 20.3. The van der Waals surface area contributed by atoms with Gasteiger partial charge in [-0.15, -0.1) is 13.2 Å². The van der Waals surface area contributed by atoms with Gasteiger partial charge in [0, 0.05) is 28.8 Å². The number of alkyl halides is 3. The second-order valence-electron chi connectivity index (χ2n) is 8.50. The van der Waals surface area contributed by atoms with E-state index in [9.17, 15) is 27.9 Å². The number of amides is 2. The Labute approximate surface area is 198 Å². The number of nitrogens with zero attached hydrogens (tertiary/aromatic N) is 2. The van der Waals surface area contributed by atoms with Crippen LogP contribution in [0.1, 0.15) is 48.7 Å². The molecular weight excluding hydrogens is 465 g/mol. The SMILES string of the molecule is CC(C)NC(=O)n1nc(-c2cc(NC(=O)c3ccc(OC(F)(F)F)cc3)ccc2O)cc1C1CC1. The third kappa shape index (κ3) is 5.92. The van der Waals surface area contributed by atoms with Gasteiger partial charge >= 0.3 is 12.4 Å². The molecular formula is C24H23F3N4O4. The number of benzene rings is 2. The van der Waals surface area contributed by atoms with Crippen molar-refractivity contribution < 1.29 is 32.6 Å². The van der Waals surface area contributed by atoms with E-state index in [4.69, 9.17) is 0 Å². The molecule has 35 heavy (non-hydrogen) atoms.